The van der Waals surface area contributed by atoms with Gasteiger partial charge < -0.3 is 5.11 Å². The van der Waals surface area contributed by atoms with Crippen molar-refractivity contribution in [2.75, 3.05) is 13.1 Å². The normalized spacial score (nSPS) is 17.8. The quantitative estimate of drug-likeness (QED) is 0.485. The largest absolute Gasteiger partial charge is 0.376 e. The highest BCUT2D eigenvalue weighted by molar-refractivity contribution is 6.38. The summed E-state index contributed by atoms with van der Waals surface area (Å²) in [5.74, 6) is -0.362. The summed E-state index contributed by atoms with van der Waals surface area (Å²) in [6.07, 6.45) is -1.49. The van der Waals surface area contributed by atoms with E-state index < -0.39 is 12.4 Å². The Morgan fingerprint density at radius 1 is 1.03 bits per heavy atom. The highest BCUT2D eigenvalue weighted by Gasteiger charge is 2.29. The van der Waals surface area contributed by atoms with Crippen LogP contribution in [-0.4, -0.2) is 55.5 Å². The molecule has 1 saturated heterocycles. The number of nitrogens with zero attached hydrogens (tertiary/aromatic N) is 5. The fourth-order valence-electron chi connectivity index (χ4n) is 4.02. The van der Waals surface area contributed by atoms with Gasteiger partial charge in [-0.3, -0.25) is 4.90 Å². The maximum atomic E-state index is 13.6. The molecule has 2 aromatic carbocycles. The van der Waals surface area contributed by atoms with Gasteiger partial charge in [0.15, 0.2) is 5.65 Å². The van der Waals surface area contributed by atoms with E-state index in [-0.39, 0.29) is 18.9 Å². The standard InChI is InChI=1S/C23H20ClF2N5O/c24-20-19-21(15-6-8-16(25)9-7-15)29-31(13-18(32)30-11-10-17(26)12-30)23(19)28-27-22(20)14-4-2-1-3-5-14/h1-9,17-18,32H,10-13H2/t17-,18?/m1/s1. The van der Waals surface area contributed by atoms with E-state index in [1.54, 1.807) is 17.0 Å². The summed E-state index contributed by atoms with van der Waals surface area (Å²) in [5.41, 5.74) is 2.86. The van der Waals surface area contributed by atoms with E-state index in [1.807, 2.05) is 30.3 Å². The molecule has 0 amide bonds. The lowest BCUT2D eigenvalue weighted by Gasteiger charge is -2.22. The van der Waals surface area contributed by atoms with Crippen molar-refractivity contribution in [1.29, 1.82) is 0 Å². The van der Waals surface area contributed by atoms with Crippen molar-refractivity contribution in [2.24, 2.45) is 0 Å². The first-order valence-electron chi connectivity index (χ1n) is 10.3. The number of halogens is 3. The molecule has 32 heavy (non-hydrogen) atoms. The van der Waals surface area contributed by atoms with E-state index in [0.29, 0.717) is 46.0 Å². The molecule has 0 aliphatic carbocycles. The van der Waals surface area contributed by atoms with Crippen LogP contribution in [0.25, 0.3) is 33.5 Å². The van der Waals surface area contributed by atoms with E-state index >= 15 is 0 Å². The zero-order valence-corrected chi connectivity index (χ0v) is 17.8. The van der Waals surface area contributed by atoms with Gasteiger partial charge >= 0.3 is 0 Å². The van der Waals surface area contributed by atoms with Gasteiger partial charge in [0.1, 0.15) is 29.6 Å². The Morgan fingerprint density at radius 2 is 1.75 bits per heavy atom. The third-order valence-corrected chi connectivity index (χ3v) is 6.05. The van der Waals surface area contributed by atoms with Gasteiger partial charge in [0, 0.05) is 24.2 Å². The second-order valence-corrected chi connectivity index (χ2v) is 8.20. The monoisotopic (exact) mass is 455 g/mol. The molecule has 2 aromatic heterocycles. The van der Waals surface area contributed by atoms with Gasteiger partial charge in [0.2, 0.25) is 0 Å². The lowest BCUT2D eigenvalue weighted by atomic mass is 10.1. The van der Waals surface area contributed by atoms with E-state index in [1.165, 1.54) is 16.8 Å². The van der Waals surface area contributed by atoms with Gasteiger partial charge in [-0.05, 0) is 30.7 Å². The molecule has 4 aromatic rings. The maximum Gasteiger partial charge on any atom is 0.182 e. The minimum atomic E-state index is -0.948. The van der Waals surface area contributed by atoms with Crippen LogP contribution in [0.3, 0.4) is 0 Å². The summed E-state index contributed by atoms with van der Waals surface area (Å²) in [4.78, 5) is 1.67. The second-order valence-electron chi connectivity index (χ2n) is 7.83. The molecule has 0 bridgehead atoms. The van der Waals surface area contributed by atoms with Crippen molar-refractivity contribution < 1.29 is 13.9 Å². The van der Waals surface area contributed by atoms with Crippen molar-refractivity contribution in [3.8, 4) is 22.5 Å². The molecule has 5 rings (SSSR count). The summed E-state index contributed by atoms with van der Waals surface area (Å²) in [6.45, 7) is 0.715. The second kappa shape index (κ2) is 8.54. The molecular formula is C23H20ClF2N5O. The number of hydrogen-bond donors (Lipinski definition) is 1. The van der Waals surface area contributed by atoms with Crippen molar-refractivity contribution >= 4 is 22.6 Å². The highest BCUT2D eigenvalue weighted by atomic mass is 35.5. The number of benzene rings is 2. The number of alkyl halides is 1. The van der Waals surface area contributed by atoms with Crippen molar-refractivity contribution in [2.45, 2.75) is 25.4 Å². The highest BCUT2D eigenvalue weighted by Crippen LogP contribution is 2.37. The van der Waals surface area contributed by atoms with Crippen LogP contribution in [0.4, 0.5) is 8.78 Å². The minimum absolute atomic E-state index is 0.0696. The first kappa shape index (κ1) is 20.9. The topological polar surface area (TPSA) is 67.1 Å². The molecule has 6 nitrogen and oxygen atoms in total. The van der Waals surface area contributed by atoms with Crippen LogP contribution in [0.15, 0.2) is 54.6 Å². The lowest BCUT2D eigenvalue weighted by molar-refractivity contribution is 0.00196. The molecule has 0 spiro atoms. The first-order chi connectivity index (χ1) is 15.5. The molecule has 1 fully saturated rings. The number of aromatic nitrogens is 4. The summed E-state index contributed by atoms with van der Waals surface area (Å²) < 4.78 is 28.6. The summed E-state index contributed by atoms with van der Waals surface area (Å²) in [5, 5.41) is 24.9. The Kier molecular flexibility index (Phi) is 5.58. The molecule has 164 valence electrons. The van der Waals surface area contributed by atoms with Crippen molar-refractivity contribution in [1.82, 2.24) is 24.9 Å². The van der Waals surface area contributed by atoms with Gasteiger partial charge in [0.05, 0.1) is 17.0 Å². The van der Waals surface area contributed by atoms with Gasteiger partial charge in [-0.25, -0.2) is 13.5 Å². The summed E-state index contributed by atoms with van der Waals surface area (Å²) in [6, 6.07) is 15.4. The van der Waals surface area contributed by atoms with E-state index in [2.05, 4.69) is 15.3 Å². The van der Waals surface area contributed by atoms with Gasteiger partial charge in [-0.2, -0.15) is 5.10 Å². The van der Waals surface area contributed by atoms with Crippen LogP contribution in [0.2, 0.25) is 5.02 Å². The minimum Gasteiger partial charge on any atom is -0.376 e. The fourth-order valence-corrected chi connectivity index (χ4v) is 4.34. The molecule has 1 aliphatic heterocycles. The van der Waals surface area contributed by atoms with Crippen LogP contribution < -0.4 is 0 Å². The number of aliphatic hydroxyl groups excluding tert-OH is 1. The predicted octanol–water partition coefficient (Wildman–Crippen LogP) is 4.32. The molecule has 9 heteroatoms. The third-order valence-electron chi connectivity index (χ3n) is 5.68. The van der Waals surface area contributed by atoms with Crippen LogP contribution in [0.1, 0.15) is 6.42 Å². The average Bonchev–Trinajstić information content (AvgIpc) is 3.40. The number of aliphatic hydroxyl groups is 1. The Hall–Kier alpha value is -2.94. The van der Waals surface area contributed by atoms with Gasteiger partial charge in [0.25, 0.3) is 0 Å². The molecule has 1 aliphatic rings. The Labute approximate surface area is 188 Å². The Morgan fingerprint density at radius 3 is 2.44 bits per heavy atom. The van der Waals surface area contributed by atoms with Crippen LogP contribution in [-0.2, 0) is 6.54 Å². The number of likely N-dealkylation sites (tertiary alicyclic amines) is 1. The molecule has 2 atom stereocenters. The first-order valence-corrected chi connectivity index (χ1v) is 10.7. The lowest BCUT2D eigenvalue weighted by Crippen LogP contribution is -2.37. The average molecular weight is 456 g/mol. The number of rotatable bonds is 5. The zero-order chi connectivity index (χ0) is 22.2. The zero-order valence-electron chi connectivity index (χ0n) is 17.0. The Balaban J connectivity index is 1.63. The molecule has 1 N–H and O–H groups in total. The van der Waals surface area contributed by atoms with Crippen LogP contribution in [0, 0.1) is 5.82 Å². The third kappa shape index (κ3) is 3.85. The molecule has 3 heterocycles. The SMILES string of the molecule is OC(Cn1nc(-c2ccc(F)cc2)c2c(Cl)c(-c3ccccc3)nnc21)N1CC[C@@H](F)C1. The summed E-state index contributed by atoms with van der Waals surface area (Å²) >= 11 is 6.81. The van der Waals surface area contributed by atoms with Crippen molar-refractivity contribution in [3.05, 3.63) is 65.4 Å². The molecule has 1 unspecified atom stereocenters. The molecule has 0 saturated carbocycles. The number of hydrogen-bond acceptors (Lipinski definition) is 5. The summed E-state index contributed by atoms with van der Waals surface area (Å²) in [7, 11) is 0. The maximum absolute atomic E-state index is 13.6. The smallest absolute Gasteiger partial charge is 0.182 e. The van der Waals surface area contributed by atoms with E-state index in [9.17, 15) is 13.9 Å². The molecular weight excluding hydrogens is 436 g/mol. The molecule has 0 radical (unpaired) electrons. The van der Waals surface area contributed by atoms with Crippen LogP contribution >= 0.6 is 11.6 Å². The van der Waals surface area contributed by atoms with Gasteiger partial charge in [-0.15, -0.1) is 10.2 Å². The number of fused-ring (bicyclic) bond motifs is 1. The fraction of sp³-hybridized carbons (Fsp3) is 0.261. The van der Waals surface area contributed by atoms with E-state index in [4.69, 9.17) is 11.6 Å². The predicted molar refractivity (Wildman–Crippen MR) is 118 cm³/mol. The van der Waals surface area contributed by atoms with E-state index in [0.717, 1.165) is 5.56 Å². The van der Waals surface area contributed by atoms with Crippen molar-refractivity contribution in [3.63, 3.8) is 0 Å². The van der Waals surface area contributed by atoms with Crippen LogP contribution in [0.5, 0.6) is 0 Å². The Bertz CT molecular complexity index is 1250. The van der Waals surface area contributed by atoms with Gasteiger partial charge in [-0.1, -0.05) is 41.9 Å².